The quantitative estimate of drug-likeness (QED) is 0.788. The van der Waals surface area contributed by atoms with Crippen LogP contribution in [0.3, 0.4) is 0 Å². The molecule has 0 saturated heterocycles. The smallest absolute Gasteiger partial charge is 0.0627 e. The van der Waals surface area contributed by atoms with Gasteiger partial charge in [-0.05, 0) is 24.5 Å². The van der Waals surface area contributed by atoms with Gasteiger partial charge in [-0.25, -0.2) is 0 Å². The van der Waals surface area contributed by atoms with Crippen LogP contribution in [0.1, 0.15) is 24.8 Å². The van der Waals surface area contributed by atoms with Crippen molar-refractivity contribution in [2.75, 3.05) is 6.61 Å². The van der Waals surface area contributed by atoms with Crippen LogP contribution in [0.15, 0.2) is 18.5 Å². The van der Waals surface area contributed by atoms with Gasteiger partial charge in [0.2, 0.25) is 0 Å². The molecule has 0 amide bonds. The monoisotopic (exact) mass is 197 g/mol. The molecular formula is C10H12ClNO. The van der Waals surface area contributed by atoms with Crippen LogP contribution in [0, 0.1) is 0 Å². The van der Waals surface area contributed by atoms with E-state index in [0.717, 1.165) is 18.4 Å². The van der Waals surface area contributed by atoms with Gasteiger partial charge in [0.05, 0.1) is 11.6 Å². The summed E-state index contributed by atoms with van der Waals surface area (Å²) in [6.07, 6.45) is 6.63. The van der Waals surface area contributed by atoms with Crippen molar-refractivity contribution < 1.29 is 5.11 Å². The van der Waals surface area contributed by atoms with Gasteiger partial charge < -0.3 is 5.11 Å². The fourth-order valence-electron chi connectivity index (χ4n) is 1.92. The predicted octanol–water partition coefficient (Wildman–Crippen LogP) is 2.15. The van der Waals surface area contributed by atoms with E-state index in [4.69, 9.17) is 11.6 Å². The largest absolute Gasteiger partial charge is 0.395 e. The summed E-state index contributed by atoms with van der Waals surface area (Å²) in [7, 11) is 0. The highest BCUT2D eigenvalue weighted by Crippen LogP contribution is 2.45. The van der Waals surface area contributed by atoms with Crippen LogP contribution < -0.4 is 0 Å². The van der Waals surface area contributed by atoms with E-state index in [-0.39, 0.29) is 12.0 Å². The average Bonchev–Trinajstić information content (AvgIpc) is 2.07. The molecule has 0 unspecified atom stereocenters. The Labute approximate surface area is 82.6 Å². The van der Waals surface area contributed by atoms with E-state index < -0.39 is 0 Å². The number of aromatic nitrogens is 1. The average molecular weight is 198 g/mol. The molecular weight excluding hydrogens is 186 g/mol. The second-order valence-electron chi connectivity index (χ2n) is 3.65. The molecule has 0 spiro atoms. The molecule has 1 aromatic rings. The number of aliphatic hydroxyl groups is 1. The van der Waals surface area contributed by atoms with Gasteiger partial charge in [0.25, 0.3) is 0 Å². The minimum absolute atomic E-state index is 0.0694. The molecule has 1 aliphatic rings. The summed E-state index contributed by atoms with van der Waals surface area (Å²) in [6, 6.07) is 1.91. The molecule has 2 nitrogen and oxygen atoms in total. The Bertz CT molecular complexity index is 304. The summed E-state index contributed by atoms with van der Waals surface area (Å²) >= 11 is 6.03. The lowest BCUT2D eigenvalue weighted by Crippen LogP contribution is -2.38. The minimum Gasteiger partial charge on any atom is -0.395 e. The van der Waals surface area contributed by atoms with Gasteiger partial charge in [-0.1, -0.05) is 18.0 Å². The van der Waals surface area contributed by atoms with Crippen molar-refractivity contribution in [2.45, 2.75) is 24.7 Å². The van der Waals surface area contributed by atoms with E-state index in [1.54, 1.807) is 12.4 Å². The first-order valence-corrected chi connectivity index (χ1v) is 4.87. The number of pyridine rings is 1. The maximum Gasteiger partial charge on any atom is 0.0627 e. The van der Waals surface area contributed by atoms with Gasteiger partial charge in [0.15, 0.2) is 0 Å². The van der Waals surface area contributed by atoms with Crippen LogP contribution in [0.4, 0.5) is 0 Å². The highest BCUT2D eigenvalue weighted by molar-refractivity contribution is 6.31. The third-order valence-electron chi connectivity index (χ3n) is 2.96. The standard InChI is InChI=1S/C10H12ClNO/c11-9-6-12-5-2-8(9)10(7-13)3-1-4-10/h2,5-6,13H,1,3-4,7H2. The molecule has 1 N–H and O–H groups in total. The molecule has 0 aromatic carbocycles. The zero-order valence-electron chi connectivity index (χ0n) is 7.33. The Morgan fingerprint density at radius 3 is 2.77 bits per heavy atom. The Kier molecular flexibility index (Phi) is 2.26. The topological polar surface area (TPSA) is 33.1 Å². The van der Waals surface area contributed by atoms with E-state index in [9.17, 15) is 5.11 Å². The second kappa shape index (κ2) is 3.28. The third-order valence-corrected chi connectivity index (χ3v) is 3.26. The molecule has 1 aromatic heterocycles. The van der Waals surface area contributed by atoms with Crippen molar-refractivity contribution in [1.29, 1.82) is 0 Å². The first-order chi connectivity index (χ1) is 6.28. The van der Waals surface area contributed by atoms with Crippen LogP contribution in [0.25, 0.3) is 0 Å². The number of nitrogens with zero attached hydrogens (tertiary/aromatic N) is 1. The number of hydrogen-bond acceptors (Lipinski definition) is 2. The molecule has 1 saturated carbocycles. The molecule has 0 bridgehead atoms. The van der Waals surface area contributed by atoms with Crippen molar-refractivity contribution in [3.8, 4) is 0 Å². The Morgan fingerprint density at radius 2 is 2.31 bits per heavy atom. The molecule has 0 radical (unpaired) electrons. The first-order valence-electron chi connectivity index (χ1n) is 4.49. The van der Waals surface area contributed by atoms with Crippen molar-refractivity contribution in [1.82, 2.24) is 4.98 Å². The lowest BCUT2D eigenvalue weighted by molar-refractivity contribution is 0.120. The fraction of sp³-hybridized carbons (Fsp3) is 0.500. The number of rotatable bonds is 2. The molecule has 1 aliphatic carbocycles. The van der Waals surface area contributed by atoms with Crippen LogP contribution in [-0.2, 0) is 5.41 Å². The van der Waals surface area contributed by atoms with Gasteiger partial charge in [-0.2, -0.15) is 0 Å². The Balaban J connectivity index is 2.38. The summed E-state index contributed by atoms with van der Waals surface area (Å²) in [4.78, 5) is 3.94. The first kappa shape index (κ1) is 8.97. The SMILES string of the molecule is OCC1(c2ccncc2Cl)CCC1. The predicted molar refractivity (Wildman–Crippen MR) is 51.9 cm³/mol. The van der Waals surface area contributed by atoms with Crippen LogP contribution in [0.5, 0.6) is 0 Å². The maximum absolute atomic E-state index is 9.34. The van der Waals surface area contributed by atoms with Crippen molar-refractivity contribution in [3.05, 3.63) is 29.0 Å². The van der Waals surface area contributed by atoms with Crippen molar-refractivity contribution in [3.63, 3.8) is 0 Å². The van der Waals surface area contributed by atoms with Gasteiger partial charge in [-0.3, -0.25) is 4.98 Å². The number of aliphatic hydroxyl groups excluding tert-OH is 1. The molecule has 1 heterocycles. The lowest BCUT2D eigenvalue weighted by Gasteiger charge is -2.41. The summed E-state index contributed by atoms with van der Waals surface area (Å²) in [5.41, 5.74) is 0.984. The van der Waals surface area contributed by atoms with E-state index in [0.29, 0.717) is 5.02 Å². The highest BCUT2D eigenvalue weighted by atomic mass is 35.5. The molecule has 70 valence electrons. The number of halogens is 1. The van der Waals surface area contributed by atoms with Gasteiger partial charge in [-0.15, -0.1) is 0 Å². The maximum atomic E-state index is 9.34. The summed E-state index contributed by atoms with van der Waals surface area (Å²) in [5, 5.41) is 10.0. The zero-order chi connectivity index (χ0) is 9.31. The molecule has 0 atom stereocenters. The molecule has 0 aliphatic heterocycles. The summed E-state index contributed by atoms with van der Waals surface area (Å²) < 4.78 is 0. The van der Waals surface area contributed by atoms with Crippen LogP contribution in [-0.4, -0.2) is 16.7 Å². The summed E-state index contributed by atoms with van der Waals surface area (Å²) in [6.45, 7) is 0.191. The van der Waals surface area contributed by atoms with Crippen LogP contribution in [0.2, 0.25) is 5.02 Å². The van der Waals surface area contributed by atoms with Crippen molar-refractivity contribution in [2.24, 2.45) is 0 Å². The number of hydrogen-bond donors (Lipinski definition) is 1. The van der Waals surface area contributed by atoms with E-state index in [1.807, 2.05) is 6.07 Å². The normalized spacial score (nSPS) is 19.5. The van der Waals surface area contributed by atoms with Crippen LogP contribution >= 0.6 is 11.6 Å². The molecule has 2 rings (SSSR count). The molecule has 3 heteroatoms. The van der Waals surface area contributed by atoms with Gasteiger partial charge >= 0.3 is 0 Å². The highest BCUT2D eigenvalue weighted by Gasteiger charge is 2.39. The van der Waals surface area contributed by atoms with Crippen molar-refractivity contribution >= 4 is 11.6 Å². The lowest BCUT2D eigenvalue weighted by atomic mass is 9.65. The zero-order valence-corrected chi connectivity index (χ0v) is 8.09. The van der Waals surface area contributed by atoms with Gasteiger partial charge in [0, 0.05) is 17.8 Å². The fourth-order valence-corrected chi connectivity index (χ4v) is 2.24. The Morgan fingerprint density at radius 1 is 1.54 bits per heavy atom. The summed E-state index contributed by atoms with van der Waals surface area (Å²) in [5.74, 6) is 0. The minimum atomic E-state index is -0.0694. The second-order valence-corrected chi connectivity index (χ2v) is 4.05. The van der Waals surface area contributed by atoms with E-state index in [1.165, 1.54) is 6.42 Å². The Hall–Kier alpha value is -0.600. The molecule has 1 fully saturated rings. The third kappa shape index (κ3) is 1.34. The molecule has 13 heavy (non-hydrogen) atoms. The van der Waals surface area contributed by atoms with Gasteiger partial charge in [0.1, 0.15) is 0 Å². The van der Waals surface area contributed by atoms with E-state index in [2.05, 4.69) is 4.98 Å². The van der Waals surface area contributed by atoms with E-state index >= 15 is 0 Å².